The van der Waals surface area contributed by atoms with Gasteiger partial charge < -0.3 is 9.64 Å². The van der Waals surface area contributed by atoms with E-state index in [0.29, 0.717) is 17.7 Å². The zero-order valence-corrected chi connectivity index (χ0v) is 14.8. The Labute approximate surface area is 147 Å². The molecule has 1 spiro atoms. The minimum Gasteiger partial charge on any atom is -0.461 e. The zero-order chi connectivity index (χ0) is 17.4. The number of nitrogens with one attached hydrogen (secondary N) is 1. The van der Waals surface area contributed by atoms with E-state index in [1.807, 2.05) is 4.90 Å². The van der Waals surface area contributed by atoms with E-state index in [4.69, 9.17) is 4.74 Å². The van der Waals surface area contributed by atoms with Gasteiger partial charge in [-0.25, -0.2) is 4.79 Å². The molecule has 1 aromatic heterocycles. The second-order valence-electron chi connectivity index (χ2n) is 7.74. The molecule has 1 amide bonds. The molecule has 1 aromatic rings. The average Bonchev–Trinajstić information content (AvgIpc) is 3.06. The Morgan fingerprint density at radius 3 is 2.64 bits per heavy atom. The number of rotatable bonds is 4. The van der Waals surface area contributed by atoms with Gasteiger partial charge in [0.05, 0.1) is 12.6 Å². The van der Waals surface area contributed by atoms with Crippen molar-refractivity contribution >= 4 is 11.9 Å². The molecular weight excluding hydrogens is 320 g/mol. The summed E-state index contributed by atoms with van der Waals surface area (Å²) in [5, 5.41) is 10.7. The summed E-state index contributed by atoms with van der Waals surface area (Å²) in [6.45, 7) is 2.79. The second-order valence-corrected chi connectivity index (χ2v) is 7.74. The number of amides is 1. The van der Waals surface area contributed by atoms with Gasteiger partial charge in [-0.2, -0.15) is 10.3 Å². The molecule has 2 heterocycles. The second kappa shape index (κ2) is 6.42. The highest BCUT2D eigenvalue weighted by Gasteiger charge is 2.47. The van der Waals surface area contributed by atoms with Crippen LogP contribution in [0.3, 0.4) is 0 Å². The quantitative estimate of drug-likeness (QED) is 0.847. The van der Waals surface area contributed by atoms with Crippen LogP contribution in [0.15, 0.2) is 0 Å². The lowest BCUT2D eigenvalue weighted by Crippen LogP contribution is -2.38. The maximum Gasteiger partial charge on any atom is 0.360 e. The van der Waals surface area contributed by atoms with Crippen LogP contribution >= 0.6 is 0 Å². The SMILES string of the molecule is CCOC(=O)c1n[nH]nc1C1CCCN1C(=O)C1CCC2(CC1)CC2. The Balaban J connectivity index is 1.48. The molecule has 136 valence electrons. The van der Waals surface area contributed by atoms with Gasteiger partial charge in [-0.15, -0.1) is 5.10 Å². The molecule has 0 aromatic carbocycles. The summed E-state index contributed by atoms with van der Waals surface area (Å²) in [6.07, 6.45) is 8.85. The minimum atomic E-state index is -0.473. The van der Waals surface area contributed by atoms with Crippen molar-refractivity contribution in [2.45, 2.75) is 64.3 Å². The molecule has 4 rings (SSSR count). The number of aromatic nitrogens is 3. The predicted octanol–water partition coefficient (Wildman–Crippen LogP) is 2.62. The fourth-order valence-electron chi connectivity index (χ4n) is 4.52. The number of H-pyrrole nitrogens is 1. The third-order valence-corrected chi connectivity index (χ3v) is 6.25. The van der Waals surface area contributed by atoms with Gasteiger partial charge in [0.1, 0.15) is 5.69 Å². The molecule has 7 nitrogen and oxygen atoms in total. The lowest BCUT2D eigenvalue weighted by Gasteiger charge is -2.32. The number of carbonyl (C=O) groups excluding carboxylic acids is 2. The third-order valence-electron chi connectivity index (χ3n) is 6.25. The molecule has 1 saturated heterocycles. The molecule has 1 atom stereocenters. The summed E-state index contributed by atoms with van der Waals surface area (Å²) < 4.78 is 5.06. The van der Waals surface area contributed by atoms with Gasteiger partial charge in [-0.3, -0.25) is 4.79 Å². The zero-order valence-electron chi connectivity index (χ0n) is 14.8. The Bertz CT molecular complexity index is 657. The normalized spacial score (nSPS) is 25.3. The van der Waals surface area contributed by atoms with Crippen molar-refractivity contribution in [2.75, 3.05) is 13.2 Å². The van der Waals surface area contributed by atoms with Crippen molar-refractivity contribution in [2.24, 2.45) is 11.3 Å². The standard InChI is InChI=1S/C18H26N4O3/c1-2-25-17(24)15-14(19-21-20-15)13-4-3-11-22(13)16(23)12-5-7-18(8-6-12)9-10-18/h12-13H,2-11H2,1H3,(H,19,20,21). The molecule has 25 heavy (non-hydrogen) atoms. The predicted molar refractivity (Wildman–Crippen MR) is 89.7 cm³/mol. The summed E-state index contributed by atoms with van der Waals surface area (Å²) in [5.41, 5.74) is 1.36. The van der Waals surface area contributed by atoms with Crippen molar-refractivity contribution < 1.29 is 14.3 Å². The minimum absolute atomic E-state index is 0.129. The topological polar surface area (TPSA) is 88.2 Å². The maximum absolute atomic E-state index is 13.1. The van der Waals surface area contributed by atoms with E-state index in [9.17, 15) is 9.59 Å². The van der Waals surface area contributed by atoms with Crippen LogP contribution in [0.5, 0.6) is 0 Å². The molecule has 1 unspecified atom stereocenters. The highest BCUT2D eigenvalue weighted by atomic mass is 16.5. The Morgan fingerprint density at radius 1 is 1.20 bits per heavy atom. The number of hydrogen-bond donors (Lipinski definition) is 1. The van der Waals surface area contributed by atoms with E-state index < -0.39 is 5.97 Å². The van der Waals surface area contributed by atoms with Crippen LogP contribution in [-0.2, 0) is 9.53 Å². The number of nitrogens with zero attached hydrogens (tertiary/aromatic N) is 3. The molecule has 2 saturated carbocycles. The number of aromatic amines is 1. The van der Waals surface area contributed by atoms with Crippen molar-refractivity contribution in [3.63, 3.8) is 0 Å². The molecular formula is C18H26N4O3. The summed E-state index contributed by atoms with van der Waals surface area (Å²) in [7, 11) is 0. The van der Waals surface area contributed by atoms with E-state index in [2.05, 4.69) is 15.4 Å². The summed E-state index contributed by atoms with van der Waals surface area (Å²) in [5.74, 6) is -0.112. The maximum atomic E-state index is 13.1. The lowest BCUT2D eigenvalue weighted by atomic mass is 9.79. The molecule has 3 aliphatic rings. The first-order valence-electron chi connectivity index (χ1n) is 9.52. The number of ether oxygens (including phenoxy) is 1. The van der Waals surface area contributed by atoms with Crippen molar-refractivity contribution in [1.29, 1.82) is 0 Å². The lowest BCUT2D eigenvalue weighted by molar-refractivity contribution is -0.138. The first kappa shape index (κ1) is 16.5. The first-order valence-corrected chi connectivity index (χ1v) is 9.52. The van der Waals surface area contributed by atoms with Crippen LogP contribution in [0.1, 0.15) is 80.5 Å². The molecule has 3 fully saturated rings. The summed E-state index contributed by atoms with van der Waals surface area (Å²) in [6, 6.07) is -0.164. The van der Waals surface area contributed by atoms with Crippen LogP contribution in [0, 0.1) is 11.3 Å². The highest BCUT2D eigenvalue weighted by Crippen LogP contribution is 2.57. The number of hydrogen-bond acceptors (Lipinski definition) is 5. The van der Waals surface area contributed by atoms with Gasteiger partial charge in [-0.05, 0) is 63.7 Å². The van der Waals surface area contributed by atoms with Crippen LogP contribution in [0.2, 0.25) is 0 Å². The van der Waals surface area contributed by atoms with Gasteiger partial charge in [-0.1, -0.05) is 0 Å². The summed E-state index contributed by atoms with van der Waals surface area (Å²) in [4.78, 5) is 27.1. The largest absolute Gasteiger partial charge is 0.461 e. The van der Waals surface area contributed by atoms with E-state index in [-0.39, 0.29) is 23.6 Å². The molecule has 0 radical (unpaired) electrons. The van der Waals surface area contributed by atoms with E-state index in [1.165, 1.54) is 25.7 Å². The molecule has 1 N–H and O–H groups in total. The molecule has 2 aliphatic carbocycles. The Hall–Kier alpha value is -1.92. The van der Waals surface area contributed by atoms with Gasteiger partial charge in [0.15, 0.2) is 5.69 Å². The van der Waals surface area contributed by atoms with E-state index in [0.717, 1.165) is 32.2 Å². The molecule has 1 aliphatic heterocycles. The highest BCUT2D eigenvalue weighted by molar-refractivity contribution is 5.89. The summed E-state index contributed by atoms with van der Waals surface area (Å²) >= 11 is 0. The van der Waals surface area contributed by atoms with Gasteiger partial charge >= 0.3 is 5.97 Å². The van der Waals surface area contributed by atoms with E-state index >= 15 is 0 Å². The van der Waals surface area contributed by atoms with Crippen molar-refractivity contribution in [1.82, 2.24) is 20.3 Å². The van der Waals surface area contributed by atoms with Crippen LogP contribution in [-0.4, -0.2) is 45.3 Å². The fourth-order valence-corrected chi connectivity index (χ4v) is 4.52. The van der Waals surface area contributed by atoms with E-state index in [1.54, 1.807) is 6.92 Å². The van der Waals surface area contributed by atoms with Crippen molar-refractivity contribution in [3.05, 3.63) is 11.4 Å². The van der Waals surface area contributed by atoms with Gasteiger partial charge in [0.25, 0.3) is 0 Å². The Morgan fingerprint density at radius 2 is 1.96 bits per heavy atom. The first-order chi connectivity index (χ1) is 12.1. The van der Waals surface area contributed by atoms with Gasteiger partial charge in [0, 0.05) is 12.5 Å². The van der Waals surface area contributed by atoms with Gasteiger partial charge in [0.2, 0.25) is 5.91 Å². The van der Waals surface area contributed by atoms with Crippen LogP contribution < -0.4 is 0 Å². The number of likely N-dealkylation sites (tertiary alicyclic amines) is 1. The third kappa shape index (κ3) is 3.04. The van der Waals surface area contributed by atoms with Crippen molar-refractivity contribution in [3.8, 4) is 0 Å². The monoisotopic (exact) mass is 346 g/mol. The average molecular weight is 346 g/mol. The number of carbonyl (C=O) groups is 2. The fraction of sp³-hybridized carbons (Fsp3) is 0.778. The van der Waals surface area contributed by atoms with Crippen LogP contribution in [0.4, 0.5) is 0 Å². The Kier molecular flexibility index (Phi) is 4.25. The molecule has 0 bridgehead atoms. The smallest absolute Gasteiger partial charge is 0.360 e. The van der Waals surface area contributed by atoms with Crippen LogP contribution in [0.25, 0.3) is 0 Å². The number of esters is 1. The molecule has 7 heteroatoms.